The Kier molecular flexibility index (Phi) is 3.88. The Labute approximate surface area is 167 Å². The van der Waals surface area contributed by atoms with Crippen LogP contribution in [0, 0.1) is 23.2 Å². The second-order valence-corrected chi connectivity index (χ2v) is 7.30. The number of carbonyl (C=O) groups excluding carboxylic acids is 1. The van der Waals surface area contributed by atoms with Gasteiger partial charge in [-0.15, -0.1) is 0 Å². The van der Waals surface area contributed by atoms with Crippen molar-refractivity contribution in [2.24, 2.45) is 11.8 Å². The number of hydrogen-bond donors (Lipinski definition) is 2. The molecule has 4 aromatic rings. The van der Waals surface area contributed by atoms with Crippen molar-refractivity contribution in [3.63, 3.8) is 0 Å². The van der Waals surface area contributed by atoms with Crippen LogP contribution in [0.5, 0.6) is 0 Å². The minimum absolute atomic E-state index is 0.160. The SMILES string of the molecule is N#C[C@@H]1C[C@H]1C(=O)Nc1cc2cc(-c3ccnc4ccccc34)cc(N)c2cn1. The predicted octanol–water partition coefficient (Wildman–Crippen LogP) is 4.13. The molecule has 2 atom stereocenters. The third-order valence-corrected chi connectivity index (χ3v) is 5.37. The largest absolute Gasteiger partial charge is 0.398 e. The first kappa shape index (κ1) is 17.1. The number of rotatable bonds is 3. The molecule has 6 heteroatoms. The van der Waals surface area contributed by atoms with Gasteiger partial charge in [-0.2, -0.15) is 5.26 Å². The van der Waals surface area contributed by atoms with Gasteiger partial charge in [0.1, 0.15) is 5.82 Å². The molecule has 140 valence electrons. The molecule has 1 saturated carbocycles. The fourth-order valence-corrected chi connectivity index (χ4v) is 3.70. The zero-order valence-electron chi connectivity index (χ0n) is 15.5. The zero-order chi connectivity index (χ0) is 20.0. The topological polar surface area (TPSA) is 105 Å². The van der Waals surface area contributed by atoms with E-state index in [1.807, 2.05) is 48.5 Å². The number of para-hydroxylation sites is 1. The summed E-state index contributed by atoms with van der Waals surface area (Å²) in [5.41, 5.74) is 9.86. The number of fused-ring (bicyclic) bond motifs is 2. The van der Waals surface area contributed by atoms with Gasteiger partial charge in [0.05, 0.1) is 23.4 Å². The van der Waals surface area contributed by atoms with E-state index in [-0.39, 0.29) is 17.7 Å². The first-order chi connectivity index (χ1) is 14.1. The van der Waals surface area contributed by atoms with E-state index < -0.39 is 0 Å². The number of hydrogen-bond acceptors (Lipinski definition) is 5. The molecule has 2 aromatic heterocycles. The van der Waals surface area contributed by atoms with E-state index in [0.717, 1.165) is 32.8 Å². The van der Waals surface area contributed by atoms with Crippen molar-refractivity contribution in [2.45, 2.75) is 6.42 Å². The summed E-state index contributed by atoms with van der Waals surface area (Å²) >= 11 is 0. The molecule has 2 heterocycles. The highest BCUT2D eigenvalue weighted by Gasteiger charge is 2.43. The normalized spacial score (nSPS) is 17.8. The highest BCUT2D eigenvalue weighted by Crippen LogP contribution is 2.39. The Morgan fingerprint density at radius 2 is 2.00 bits per heavy atom. The van der Waals surface area contributed by atoms with Crippen molar-refractivity contribution in [3.8, 4) is 17.2 Å². The number of nitrogens with one attached hydrogen (secondary N) is 1. The molecule has 1 amide bonds. The molecule has 5 rings (SSSR count). The van der Waals surface area contributed by atoms with E-state index in [4.69, 9.17) is 11.0 Å². The van der Waals surface area contributed by atoms with Gasteiger partial charge in [-0.1, -0.05) is 18.2 Å². The van der Waals surface area contributed by atoms with Crippen LogP contribution in [0.2, 0.25) is 0 Å². The molecule has 1 fully saturated rings. The summed E-state index contributed by atoms with van der Waals surface area (Å²) in [5.74, 6) is -0.121. The maximum absolute atomic E-state index is 12.2. The van der Waals surface area contributed by atoms with Crippen LogP contribution in [-0.2, 0) is 4.79 Å². The summed E-state index contributed by atoms with van der Waals surface area (Å²) in [6, 6.07) is 17.9. The van der Waals surface area contributed by atoms with Gasteiger partial charge in [0, 0.05) is 28.9 Å². The Morgan fingerprint density at radius 1 is 1.14 bits per heavy atom. The highest BCUT2D eigenvalue weighted by molar-refractivity contribution is 6.03. The van der Waals surface area contributed by atoms with Gasteiger partial charge in [0.25, 0.3) is 0 Å². The van der Waals surface area contributed by atoms with Crippen LogP contribution in [0.1, 0.15) is 6.42 Å². The fraction of sp³-hybridized carbons (Fsp3) is 0.130. The predicted molar refractivity (Wildman–Crippen MR) is 113 cm³/mol. The molecule has 6 nitrogen and oxygen atoms in total. The number of aromatic nitrogens is 2. The van der Waals surface area contributed by atoms with Crippen LogP contribution in [0.4, 0.5) is 11.5 Å². The lowest BCUT2D eigenvalue weighted by Gasteiger charge is -2.11. The van der Waals surface area contributed by atoms with E-state index >= 15 is 0 Å². The summed E-state index contributed by atoms with van der Waals surface area (Å²) in [7, 11) is 0. The lowest BCUT2D eigenvalue weighted by Crippen LogP contribution is -2.15. The Hall–Kier alpha value is -3.98. The summed E-state index contributed by atoms with van der Waals surface area (Å²) in [6.07, 6.45) is 4.07. The number of anilines is 2. The number of amides is 1. The van der Waals surface area contributed by atoms with Crippen LogP contribution >= 0.6 is 0 Å². The van der Waals surface area contributed by atoms with Gasteiger partial charge in [0.2, 0.25) is 5.91 Å². The summed E-state index contributed by atoms with van der Waals surface area (Å²) < 4.78 is 0. The van der Waals surface area contributed by atoms with Gasteiger partial charge >= 0.3 is 0 Å². The van der Waals surface area contributed by atoms with Gasteiger partial charge in [-0.25, -0.2) is 4.98 Å². The second-order valence-electron chi connectivity index (χ2n) is 7.30. The van der Waals surface area contributed by atoms with Crippen molar-refractivity contribution >= 4 is 39.1 Å². The molecule has 0 bridgehead atoms. The molecule has 0 spiro atoms. The fourth-order valence-electron chi connectivity index (χ4n) is 3.70. The van der Waals surface area contributed by atoms with Crippen molar-refractivity contribution in [1.29, 1.82) is 5.26 Å². The second kappa shape index (κ2) is 6.57. The maximum Gasteiger partial charge on any atom is 0.230 e. The first-order valence-corrected chi connectivity index (χ1v) is 9.38. The molecule has 2 aromatic carbocycles. The molecular formula is C23H17N5O. The minimum Gasteiger partial charge on any atom is -0.398 e. The Bertz CT molecular complexity index is 1320. The van der Waals surface area contributed by atoms with Crippen LogP contribution in [0.25, 0.3) is 32.8 Å². The number of nitrogen functional groups attached to an aromatic ring is 1. The summed E-state index contributed by atoms with van der Waals surface area (Å²) in [4.78, 5) is 21.0. The molecule has 0 radical (unpaired) electrons. The van der Waals surface area contributed by atoms with Gasteiger partial charge in [0.15, 0.2) is 0 Å². The summed E-state index contributed by atoms with van der Waals surface area (Å²) in [6.45, 7) is 0. The lowest BCUT2D eigenvalue weighted by atomic mass is 9.98. The molecule has 1 aliphatic carbocycles. The van der Waals surface area contributed by atoms with Crippen LogP contribution in [0.15, 0.2) is 60.9 Å². The monoisotopic (exact) mass is 379 g/mol. The smallest absolute Gasteiger partial charge is 0.230 e. The number of nitrogens with two attached hydrogens (primary N) is 1. The van der Waals surface area contributed by atoms with E-state index in [2.05, 4.69) is 21.4 Å². The van der Waals surface area contributed by atoms with Gasteiger partial charge in [-0.05, 0) is 53.3 Å². The molecular weight excluding hydrogens is 362 g/mol. The van der Waals surface area contributed by atoms with Crippen molar-refractivity contribution in [1.82, 2.24) is 9.97 Å². The molecule has 0 saturated heterocycles. The number of nitriles is 1. The van der Waals surface area contributed by atoms with Crippen molar-refractivity contribution in [2.75, 3.05) is 11.1 Å². The van der Waals surface area contributed by atoms with Crippen molar-refractivity contribution in [3.05, 3.63) is 60.9 Å². The van der Waals surface area contributed by atoms with Gasteiger partial charge < -0.3 is 11.1 Å². The molecule has 0 aliphatic heterocycles. The average Bonchev–Trinajstić information content (AvgIpc) is 3.53. The average molecular weight is 379 g/mol. The maximum atomic E-state index is 12.2. The van der Waals surface area contributed by atoms with Crippen molar-refractivity contribution < 1.29 is 4.79 Å². The van der Waals surface area contributed by atoms with Crippen LogP contribution < -0.4 is 11.1 Å². The molecule has 3 N–H and O–H groups in total. The highest BCUT2D eigenvalue weighted by atomic mass is 16.2. The van der Waals surface area contributed by atoms with Crippen LogP contribution in [-0.4, -0.2) is 15.9 Å². The number of carbonyl (C=O) groups is 1. The third kappa shape index (κ3) is 3.03. The van der Waals surface area contributed by atoms with Crippen LogP contribution in [0.3, 0.4) is 0 Å². The third-order valence-electron chi connectivity index (χ3n) is 5.37. The van der Waals surface area contributed by atoms with E-state index in [1.165, 1.54) is 0 Å². The quantitative estimate of drug-likeness (QED) is 0.521. The number of pyridine rings is 2. The lowest BCUT2D eigenvalue weighted by molar-refractivity contribution is -0.117. The molecule has 1 aliphatic rings. The number of nitrogens with zero attached hydrogens (tertiary/aromatic N) is 3. The standard InChI is InChI=1S/C23H17N5O/c24-11-15-8-18(15)23(29)28-22-10-14-7-13(9-20(25)19(14)12-27-22)16-5-6-26-21-4-2-1-3-17(16)21/h1-7,9-10,12,15,18H,8,25H2,(H,27,28,29)/t15-,18+/m0/s1. The van der Waals surface area contributed by atoms with E-state index in [9.17, 15) is 4.79 Å². The van der Waals surface area contributed by atoms with E-state index in [0.29, 0.717) is 17.9 Å². The molecule has 0 unspecified atom stereocenters. The Balaban J connectivity index is 1.56. The molecule has 29 heavy (non-hydrogen) atoms. The summed E-state index contributed by atoms with van der Waals surface area (Å²) in [5, 5.41) is 14.5. The minimum atomic E-state index is -0.239. The zero-order valence-corrected chi connectivity index (χ0v) is 15.5. The van der Waals surface area contributed by atoms with E-state index in [1.54, 1.807) is 12.4 Å². The number of benzene rings is 2. The first-order valence-electron chi connectivity index (χ1n) is 9.38. The van der Waals surface area contributed by atoms with Gasteiger partial charge in [-0.3, -0.25) is 9.78 Å². The Morgan fingerprint density at radius 3 is 2.83 bits per heavy atom.